The van der Waals surface area contributed by atoms with Gasteiger partial charge >= 0.3 is 0 Å². The average Bonchev–Trinajstić information content (AvgIpc) is 3.01. The Labute approximate surface area is 136 Å². The van der Waals surface area contributed by atoms with E-state index in [-0.39, 0.29) is 18.0 Å². The summed E-state index contributed by atoms with van der Waals surface area (Å²) in [7, 11) is 0. The molecule has 5 nitrogen and oxygen atoms in total. The zero-order chi connectivity index (χ0) is 16.1. The van der Waals surface area contributed by atoms with Gasteiger partial charge < -0.3 is 4.90 Å². The fraction of sp³-hybridized carbons (Fsp3) is 0.722. The summed E-state index contributed by atoms with van der Waals surface area (Å²) in [4.78, 5) is 26.7. The van der Waals surface area contributed by atoms with Crippen LogP contribution in [0.5, 0.6) is 0 Å². The summed E-state index contributed by atoms with van der Waals surface area (Å²) < 4.78 is 1.32. The molecule has 2 bridgehead atoms. The first-order valence-electron chi connectivity index (χ1n) is 8.86. The summed E-state index contributed by atoms with van der Waals surface area (Å²) in [5.41, 5.74) is 1.51. The minimum atomic E-state index is -0.182. The highest BCUT2D eigenvalue weighted by molar-refractivity contribution is 5.76. The number of rotatable bonds is 2. The SMILES string of the molecule is Cc1cc(=O)n(CC(=O)N2C[C@@H]3C4CCC(CC4)[C@@H]3C2)nc1C. The summed E-state index contributed by atoms with van der Waals surface area (Å²) in [6.07, 6.45) is 5.41. The van der Waals surface area contributed by atoms with E-state index in [2.05, 4.69) is 5.10 Å². The molecule has 1 amide bonds. The fourth-order valence-corrected chi connectivity index (χ4v) is 5.07. The number of carbonyl (C=O) groups excluding carboxylic acids is 1. The van der Waals surface area contributed by atoms with Crippen molar-refractivity contribution in [1.82, 2.24) is 14.7 Å². The number of aromatic nitrogens is 2. The van der Waals surface area contributed by atoms with Crippen LogP contribution in [0.4, 0.5) is 0 Å². The van der Waals surface area contributed by atoms with E-state index >= 15 is 0 Å². The van der Waals surface area contributed by atoms with E-state index < -0.39 is 0 Å². The molecule has 0 N–H and O–H groups in total. The Balaban J connectivity index is 1.49. The zero-order valence-corrected chi connectivity index (χ0v) is 14.0. The molecule has 4 fully saturated rings. The van der Waals surface area contributed by atoms with E-state index in [1.807, 2.05) is 18.7 Å². The molecular weight excluding hydrogens is 290 g/mol. The number of fused-ring (bicyclic) bond motifs is 2. The van der Waals surface area contributed by atoms with Crippen molar-refractivity contribution >= 4 is 5.91 Å². The molecule has 3 saturated carbocycles. The van der Waals surface area contributed by atoms with Crippen molar-refractivity contribution in [2.45, 2.75) is 46.1 Å². The molecule has 2 atom stereocenters. The van der Waals surface area contributed by atoms with E-state index in [1.165, 1.54) is 30.4 Å². The van der Waals surface area contributed by atoms with Gasteiger partial charge in [-0.15, -0.1) is 0 Å². The maximum Gasteiger partial charge on any atom is 0.267 e. The monoisotopic (exact) mass is 315 g/mol. The van der Waals surface area contributed by atoms with Crippen LogP contribution in [0.2, 0.25) is 0 Å². The molecule has 1 aromatic heterocycles. The molecule has 5 heteroatoms. The van der Waals surface area contributed by atoms with Crippen LogP contribution in [0.25, 0.3) is 0 Å². The minimum Gasteiger partial charge on any atom is -0.340 e. The summed E-state index contributed by atoms with van der Waals surface area (Å²) in [5, 5.41) is 4.27. The second-order valence-corrected chi connectivity index (χ2v) is 7.71. The molecule has 3 aliphatic carbocycles. The van der Waals surface area contributed by atoms with E-state index in [1.54, 1.807) is 6.07 Å². The number of hydrogen-bond donors (Lipinski definition) is 0. The molecule has 1 saturated heterocycles. The Morgan fingerprint density at radius 2 is 1.70 bits per heavy atom. The van der Waals surface area contributed by atoms with E-state index in [0.717, 1.165) is 36.2 Å². The lowest BCUT2D eigenvalue weighted by atomic mass is 9.60. The van der Waals surface area contributed by atoms with Gasteiger partial charge in [0.1, 0.15) is 6.54 Å². The van der Waals surface area contributed by atoms with E-state index in [0.29, 0.717) is 11.8 Å². The topological polar surface area (TPSA) is 55.2 Å². The Kier molecular flexibility index (Phi) is 3.54. The quantitative estimate of drug-likeness (QED) is 0.835. The number of aryl methyl sites for hydroxylation is 2. The van der Waals surface area contributed by atoms with Crippen molar-refractivity contribution < 1.29 is 4.79 Å². The molecule has 0 unspecified atom stereocenters. The van der Waals surface area contributed by atoms with Crippen molar-refractivity contribution in [2.75, 3.05) is 13.1 Å². The summed E-state index contributed by atoms with van der Waals surface area (Å²) in [5.74, 6) is 3.11. The third kappa shape index (κ3) is 2.50. The van der Waals surface area contributed by atoms with Crippen molar-refractivity contribution in [3.8, 4) is 0 Å². The third-order valence-corrected chi connectivity index (χ3v) is 6.51. The van der Waals surface area contributed by atoms with E-state index in [4.69, 9.17) is 0 Å². The van der Waals surface area contributed by atoms with Gasteiger partial charge in [-0.3, -0.25) is 9.59 Å². The second kappa shape index (κ2) is 5.46. The summed E-state index contributed by atoms with van der Waals surface area (Å²) in [6, 6.07) is 1.57. The summed E-state index contributed by atoms with van der Waals surface area (Å²) in [6.45, 7) is 5.61. The molecule has 0 radical (unpaired) electrons. The van der Waals surface area contributed by atoms with Gasteiger partial charge in [-0.1, -0.05) is 0 Å². The van der Waals surface area contributed by atoms with Crippen LogP contribution in [0, 0.1) is 37.5 Å². The number of hydrogen-bond acceptors (Lipinski definition) is 3. The molecule has 124 valence electrons. The van der Waals surface area contributed by atoms with Crippen LogP contribution < -0.4 is 5.56 Å². The first-order valence-corrected chi connectivity index (χ1v) is 8.86. The highest BCUT2D eigenvalue weighted by Crippen LogP contribution is 2.51. The van der Waals surface area contributed by atoms with Gasteiger partial charge in [0, 0.05) is 19.2 Å². The molecule has 1 aliphatic heterocycles. The Hall–Kier alpha value is -1.65. The summed E-state index contributed by atoms with van der Waals surface area (Å²) >= 11 is 0. The van der Waals surface area contributed by atoms with Crippen molar-refractivity contribution in [1.29, 1.82) is 0 Å². The normalized spacial score (nSPS) is 32.2. The number of carbonyl (C=O) groups is 1. The largest absolute Gasteiger partial charge is 0.340 e. The maximum atomic E-state index is 12.7. The van der Waals surface area contributed by atoms with E-state index in [9.17, 15) is 9.59 Å². The first-order chi connectivity index (χ1) is 11.0. The zero-order valence-electron chi connectivity index (χ0n) is 14.0. The number of likely N-dealkylation sites (tertiary alicyclic amines) is 1. The molecular formula is C18H25N3O2. The Morgan fingerprint density at radius 3 is 2.26 bits per heavy atom. The lowest BCUT2D eigenvalue weighted by molar-refractivity contribution is -0.131. The van der Waals surface area contributed by atoms with Crippen molar-refractivity contribution in [3.63, 3.8) is 0 Å². The van der Waals surface area contributed by atoms with Crippen LogP contribution in [-0.2, 0) is 11.3 Å². The minimum absolute atomic E-state index is 0.0525. The second-order valence-electron chi connectivity index (χ2n) is 7.71. The highest BCUT2D eigenvalue weighted by Gasteiger charge is 2.48. The molecule has 4 aliphatic rings. The van der Waals surface area contributed by atoms with Gasteiger partial charge in [0.2, 0.25) is 5.91 Å². The van der Waals surface area contributed by atoms with Gasteiger partial charge in [-0.25, -0.2) is 4.68 Å². The lowest BCUT2D eigenvalue weighted by Crippen LogP contribution is -2.38. The molecule has 1 aromatic rings. The van der Waals surface area contributed by atoms with Crippen molar-refractivity contribution in [2.24, 2.45) is 23.7 Å². The maximum absolute atomic E-state index is 12.7. The smallest absolute Gasteiger partial charge is 0.267 e. The molecule has 0 aromatic carbocycles. The van der Waals surface area contributed by atoms with Gasteiger partial charge in [0.05, 0.1) is 5.69 Å². The average molecular weight is 315 g/mol. The number of nitrogens with zero attached hydrogens (tertiary/aromatic N) is 3. The molecule has 5 rings (SSSR count). The number of amides is 1. The van der Waals surface area contributed by atoms with Gasteiger partial charge in [0.15, 0.2) is 0 Å². The van der Waals surface area contributed by atoms with Gasteiger partial charge in [-0.2, -0.15) is 5.10 Å². The fourth-order valence-electron chi connectivity index (χ4n) is 5.07. The molecule has 23 heavy (non-hydrogen) atoms. The predicted octanol–water partition coefficient (Wildman–Crippen LogP) is 1.75. The van der Waals surface area contributed by atoms with Gasteiger partial charge in [-0.05, 0) is 68.8 Å². The van der Waals surface area contributed by atoms with Crippen molar-refractivity contribution in [3.05, 3.63) is 27.7 Å². The lowest BCUT2D eigenvalue weighted by Gasteiger charge is -2.44. The first kappa shape index (κ1) is 14.9. The standard InChI is InChI=1S/C18H25N3O2/c1-11-7-17(22)21(19-12(11)2)10-18(23)20-8-15-13-3-4-14(6-5-13)16(15)9-20/h7,13-16H,3-6,8-10H2,1-2H3/t13?,14?,15-,16+. The van der Waals surface area contributed by atoms with Gasteiger partial charge in [0.25, 0.3) is 5.56 Å². The third-order valence-electron chi connectivity index (χ3n) is 6.51. The Bertz CT molecular complexity index is 668. The van der Waals surface area contributed by atoms with Crippen LogP contribution in [0.1, 0.15) is 36.9 Å². The molecule has 2 heterocycles. The van der Waals surface area contributed by atoms with Crippen LogP contribution in [-0.4, -0.2) is 33.7 Å². The predicted molar refractivity (Wildman–Crippen MR) is 87.0 cm³/mol. The Morgan fingerprint density at radius 1 is 1.13 bits per heavy atom. The van der Waals surface area contributed by atoms with Crippen LogP contribution in [0.3, 0.4) is 0 Å². The molecule has 0 spiro atoms. The highest BCUT2D eigenvalue weighted by atomic mass is 16.2. The van der Waals surface area contributed by atoms with Crippen LogP contribution in [0.15, 0.2) is 10.9 Å². The van der Waals surface area contributed by atoms with Crippen LogP contribution >= 0.6 is 0 Å².